The summed E-state index contributed by atoms with van der Waals surface area (Å²) in [6.45, 7) is 1.95. The van der Waals surface area contributed by atoms with Crippen molar-refractivity contribution in [1.82, 2.24) is 30.4 Å². The topological polar surface area (TPSA) is 208 Å². The second kappa shape index (κ2) is 34.8. The normalized spacial score (nSPS) is 11.5. The van der Waals surface area contributed by atoms with Crippen molar-refractivity contribution in [3.63, 3.8) is 0 Å². The monoisotopic (exact) mass is 1140 g/mol. The van der Waals surface area contributed by atoms with E-state index in [-0.39, 0.29) is 51.1 Å². The molecular formula is C62H84Cl2N8O8. The van der Waals surface area contributed by atoms with Gasteiger partial charge in [0.05, 0.1) is 73.8 Å². The highest BCUT2D eigenvalue weighted by atomic mass is 35.5. The number of halogens is 2. The Morgan fingerprint density at radius 2 is 0.762 bits per heavy atom. The highest BCUT2D eigenvalue weighted by Gasteiger charge is 2.19. The average Bonchev–Trinajstić information content (AvgIpc) is 3.43. The molecule has 434 valence electrons. The van der Waals surface area contributed by atoms with Crippen LogP contribution in [0.5, 0.6) is 11.5 Å². The fourth-order valence-corrected chi connectivity index (χ4v) is 10.6. The number of hydrogen-bond donors (Lipinski definition) is 6. The van der Waals surface area contributed by atoms with Crippen LogP contribution in [0.1, 0.15) is 128 Å². The molecule has 0 saturated carbocycles. The summed E-state index contributed by atoms with van der Waals surface area (Å²) in [6.07, 6.45) is 22.1. The van der Waals surface area contributed by atoms with E-state index in [0.717, 1.165) is 157 Å². The van der Waals surface area contributed by atoms with E-state index in [0.29, 0.717) is 23.1 Å². The smallest absolute Gasteiger partial charge is 0.317 e. The summed E-state index contributed by atoms with van der Waals surface area (Å²) in [4.78, 5) is 61.6. The number of hydrogen-bond acceptors (Lipinski definition) is 12. The van der Waals surface area contributed by atoms with E-state index in [1.807, 2.05) is 72.8 Å². The maximum atomic E-state index is 12.8. The number of amides is 2. The Kier molecular flexibility index (Phi) is 27.4. The van der Waals surface area contributed by atoms with Crippen LogP contribution in [0.2, 0.25) is 10.0 Å². The molecule has 6 aromatic rings. The number of pyridine rings is 2. The zero-order valence-electron chi connectivity index (χ0n) is 47.0. The van der Waals surface area contributed by atoms with Crippen molar-refractivity contribution in [3.8, 4) is 11.5 Å². The summed E-state index contributed by atoms with van der Waals surface area (Å²) >= 11 is 12.6. The minimum atomic E-state index is -1.09. The molecule has 0 aliphatic rings. The molecule has 0 unspecified atom stereocenters. The molecule has 6 N–H and O–H groups in total. The summed E-state index contributed by atoms with van der Waals surface area (Å²) in [5.41, 5.74) is 5.63. The number of fused-ring (bicyclic) bond motifs is 4. The van der Waals surface area contributed by atoms with Crippen LogP contribution in [0.3, 0.4) is 0 Å². The van der Waals surface area contributed by atoms with Crippen molar-refractivity contribution >= 4 is 102 Å². The Balaban J connectivity index is 0.746. The van der Waals surface area contributed by atoms with Crippen molar-refractivity contribution in [2.75, 3.05) is 90.3 Å². The molecule has 0 aliphatic heterocycles. The summed E-state index contributed by atoms with van der Waals surface area (Å²) in [5.74, 6) is -1.16. The van der Waals surface area contributed by atoms with Gasteiger partial charge >= 0.3 is 11.9 Å². The fourth-order valence-electron chi connectivity index (χ4n) is 10.2. The van der Waals surface area contributed by atoms with E-state index in [4.69, 9.17) is 42.6 Å². The van der Waals surface area contributed by atoms with E-state index in [9.17, 15) is 29.4 Å². The Labute approximate surface area is 482 Å². The number of unbranched alkanes of at least 4 members (excludes halogenated alkanes) is 18. The van der Waals surface area contributed by atoms with Gasteiger partial charge in [-0.25, -0.2) is 9.97 Å². The number of anilines is 2. The van der Waals surface area contributed by atoms with Gasteiger partial charge in [0.2, 0.25) is 11.8 Å². The number of carbonyl (C=O) groups excluding carboxylic acids is 2. The molecule has 0 spiro atoms. The number of benzene rings is 4. The molecule has 0 atom stereocenters. The second-order valence-electron chi connectivity index (χ2n) is 20.9. The Hall–Kier alpha value is -6.20. The average molecular weight is 1140 g/mol. The highest BCUT2D eigenvalue weighted by molar-refractivity contribution is 6.32. The maximum Gasteiger partial charge on any atom is 0.317 e. The first-order valence-electron chi connectivity index (χ1n) is 28.9. The lowest BCUT2D eigenvalue weighted by atomic mass is 10.1. The molecule has 2 heterocycles. The van der Waals surface area contributed by atoms with Gasteiger partial charge in [0.15, 0.2) is 0 Å². The number of aliphatic carboxylic acids is 2. The number of carbonyl (C=O) groups is 4. The quantitative estimate of drug-likeness (QED) is 0.0156. The predicted octanol–water partition coefficient (Wildman–Crippen LogP) is 12.7. The van der Waals surface area contributed by atoms with Crippen molar-refractivity contribution in [3.05, 3.63) is 82.8 Å². The highest BCUT2D eigenvalue weighted by Crippen LogP contribution is 2.36. The number of nitrogens with one attached hydrogen (secondary N) is 4. The molecule has 0 fully saturated rings. The van der Waals surface area contributed by atoms with Crippen LogP contribution in [0.15, 0.2) is 72.8 Å². The van der Waals surface area contributed by atoms with Crippen molar-refractivity contribution in [2.45, 2.75) is 128 Å². The molecule has 0 aliphatic carbocycles. The largest absolute Gasteiger partial charge is 0.497 e. The molecule has 0 saturated heterocycles. The first-order chi connectivity index (χ1) is 38.9. The number of aromatic nitrogens is 2. The third kappa shape index (κ3) is 21.7. The third-order valence-corrected chi connectivity index (χ3v) is 15.0. The van der Waals surface area contributed by atoms with Crippen LogP contribution in [0.25, 0.3) is 43.6 Å². The Morgan fingerprint density at radius 1 is 0.425 bits per heavy atom. The number of ether oxygens (including phenoxy) is 2. The molecule has 6 rings (SSSR count). The lowest BCUT2D eigenvalue weighted by Crippen LogP contribution is -2.46. The standard InChI is InChI=1S/C62H84Cl2N8O8/c1-79-47-25-29-53-51(39-47)61(49-27-23-45(63)37-55(49)69-53)67-33-21-17-13-9-5-3-7-11-15-19-31-65-57(73)41-71(43-59(75)76)35-36-72(44-60(77)78)42-58(74)66-32-20-16-12-8-4-6-10-14-18-22-34-68-62-50-28-24-46(64)38-56(50)70-54-30-26-48(80-2)40-52(54)62/h23-30,37-40H,3-22,31-36,41-44H2,1-2H3,(H,65,73)(H,66,74)(H,67,69)(H,68,70)(H,75,76)(H,77,78). The van der Waals surface area contributed by atoms with Gasteiger partial charge in [-0.2, -0.15) is 0 Å². The minimum Gasteiger partial charge on any atom is -0.497 e. The van der Waals surface area contributed by atoms with E-state index in [1.54, 1.807) is 14.2 Å². The second-order valence-corrected chi connectivity index (χ2v) is 21.8. The third-order valence-electron chi connectivity index (χ3n) is 14.5. The van der Waals surface area contributed by atoms with E-state index in [2.05, 4.69) is 21.3 Å². The van der Waals surface area contributed by atoms with Crippen LogP contribution in [-0.4, -0.2) is 133 Å². The number of carboxylic acid groups (broad SMARTS) is 2. The van der Waals surface area contributed by atoms with Crippen LogP contribution in [0.4, 0.5) is 11.4 Å². The SMILES string of the molecule is COc1ccc2nc3cc(Cl)ccc3c(NCCCCCCCCCCCCNC(=O)CN(CCN(CC(=O)O)CC(=O)NCCCCCCCCCCCCNc3c4ccc(Cl)cc4nc4ccc(OC)cc34)CC(=O)O)c2c1. The Bertz CT molecular complexity index is 2730. The zero-order valence-corrected chi connectivity index (χ0v) is 48.5. The minimum absolute atomic E-state index is 0.120. The zero-order chi connectivity index (χ0) is 56.9. The molecule has 16 nitrogen and oxygen atoms in total. The van der Waals surface area contributed by atoms with Crippen molar-refractivity contribution in [2.24, 2.45) is 0 Å². The van der Waals surface area contributed by atoms with Gasteiger partial charge in [0, 0.05) is 70.9 Å². The van der Waals surface area contributed by atoms with E-state index < -0.39 is 11.9 Å². The van der Waals surface area contributed by atoms with Crippen molar-refractivity contribution < 1.29 is 38.9 Å². The van der Waals surface area contributed by atoms with Gasteiger partial charge in [-0.15, -0.1) is 0 Å². The number of nitrogens with zero attached hydrogens (tertiary/aromatic N) is 4. The summed E-state index contributed by atoms with van der Waals surface area (Å²) in [6, 6.07) is 23.5. The van der Waals surface area contributed by atoms with Crippen molar-refractivity contribution in [1.29, 1.82) is 0 Å². The molecule has 0 bridgehead atoms. The molecule has 18 heteroatoms. The summed E-state index contributed by atoms with van der Waals surface area (Å²) in [5, 5.41) is 37.7. The summed E-state index contributed by atoms with van der Waals surface area (Å²) in [7, 11) is 3.34. The molecule has 2 amide bonds. The first-order valence-corrected chi connectivity index (χ1v) is 29.7. The van der Waals surface area contributed by atoms with Crippen LogP contribution < -0.4 is 30.7 Å². The van der Waals surface area contributed by atoms with Gasteiger partial charge in [-0.05, 0) is 98.5 Å². The van der Waals surface area contributed by atoms with Crippen LogP contribution in [0, 0.1) is 0 Å². The lowest BCUT2D eigenvalue weighted by molar-refractivity contribution is -0.141. The van der Waals surface area contributed by atoms with Crippen LogP contribution >= 0.6 is 23.2 Å². The number of methoxy groups -OCH3 is 2. The van der Waals surface area contributed by atoms with Gasteiger partial charge in [-0.3, -0.25) is 29.0 Å². The van der Waals surface area contributed by atoms with Gasteiger partial charge in [0.25, 0.3) is 0 Å². The lowest BCUT2D eigenvalue weighted by Gasteiger charge is -2.25. The maximum absolute atomic E-state index is 12.8. The van der Waals surface area contributed by atoms with Gasteiger partial charge in [0.1, 0.15) is 11.5 Å². The Morgan fingerprint density at radius 3 is 1.10 bits per heavy atom. The van der Waals surface area contributed by atoms with Gasteiger partial charge in [-0.1, -0.05) is 126 Å². The molecule has 4 aromatic carbocycles. The summed E-state index contributed by atoms with van der Waals surface area (Å²) < 4.78 is 11.0. The van der Waals surface area contributed by atoms with E-state index in [1.165, 1.54) is 61.2 Å². The predicted molar refractivity (Wildman–Crippen MR) is 325 cm³/mol. The molecule has 80 heavy (non-hydrogen) atoms. The first kappa shape index (κ1) is 63.0. The number of rotatable bonds is 41. The molecule has 0 radical (unpaired) electrons. The van der Waals surface area contributed by atoms with E-state index >= 15 is 0 Å². The molecule has 2 aromatic heterocycles. The molecular weight excluding hydrogens is 1060 g/mol. The fraction of sp³-hybridized carbons (Fsp3) is 0.516. The number of carboxylic acids is 2. The van der Waals surface area contributed by atoms with Crippen LogP contribution in [-0.2, 0) is 19.2 Å². The van der Waals surface area contributed by atoms with Gasteiger partial charge < -0.3 is 41.0 Å².